The van der Waals surface area contributed by atoms with Gasteiger partial charge in [-0.25, -0.2) is 4.98 Å². The number of aromatic nitrogens is 4. The van der Waals surface area contributed by atoms with Crippen molar-refractivity contribution in [3.8, 4) is 0 Å². The lowest BCUT2D eigenvalue weighted by molar-refractivity contribution is 0.0661. The molecule has 4 heterocycles. The first-order valence-electron chi connectivity index (χ1n) is 9.15. The minimum absolute atomic E-state index is 0.135. The van der Waals surface area contributed by atoms with E-state index in [1.807, 2.05) is 31.6 Å². The van der Waals surface area contributed by atoms with Crippen LogP contribution in [0.5, 0.6) is 0 Å². The number of nitrogens with one attached hydrogen (secondary N) is 1. The third-order valence-electron chi connectivity index (χ3n) is 5.33. The number of imidazole rings is 1. The molecule has 0 spiro atoms. The molecule has 0 aromatic carbocycles. The molecule has 0 saturated carbocycles. The summed E-state index contributed by atoms with van der Waals surface area (Å²) in [6, 6.07) is 4.38. The van der Waals surface area contributed by atoms with Crippen LogP contribution in [0.1, 0.15) is 31.2 Å². The summed E-state index contributed by atoms with van der Waals surface area (Å²) < 4.78 is 8.08. The van der Waals surface area contributed by atoms with Crippen LogP contribution < -0.4 is 5.32 Å². The Hall–Kier alpha value is -1.99. The Bertz CT molecular complexity index is 667. The Kier molecular flexibility index (Phi) is 4.94. The van der Waals surface area contributed by atoms with Gasteiger partial charge >= 0.3 is 0 Å². The molecule has 25 heavy (non-hydrogen) atoms. The molecule has 134 valence electrons. The third kappa shape index (κ3) is 3.82. The second kappa shape index (κ2) is 7.49. The predicted molar refractivity (Wildman–Crippen MR) is 95.1 cm³/mol. The topological polar surface area (TPSA) is 68.1 Å². The highest BCUT2D eigenvalue weighted by molar-refractivity contribution is 5.33. The molecule has 2 atom stereocenters. The largest absolute Gasteiger partial charge is 0.370 e. The quantitative estimate of drug-likeness (QED) is 0.895. The average Bonchev–Trinajstić information content (AvgIpc) is 3.26. The van der Waals surface area contributed by atoms with Gasteiger partial charge in [-0.1, -0.05) is 0 Å². The number of nitrogens with zero attached hydrogens (tertiary/aromatic N) is 5. The average molecular weight is 342 g/mol. The van der Waals surface area contributed by atoms with E-state index in [1.165, 1.54) is 0 Å². The Morgan fingerprint density at radius 2 is 2.12 bits per heavy atom. The van der Waals surface area contributed by atoms with Crippen molar-refractivity contribution in [3.63, 3.8) is 0 Å². The summed E-state index contributed by atoms with van der Waals surface area (Å²) in [5, 5.41) is 11.5. The van der Waals surface area contributed by atoms with Crippen LogP contribution in [0, 0.1) is 5.92 Å². The first kappa shape index (κ1) is 16.5. The van der Waals surface area contributed by atoms with Gasteiger partial charge < -0.3 is 19.5 Å². The lowest BCUT2D eigenvalue weighted by Gasteiger charge is -2.34. The maximum absolute atomic E-state index is 5.99. The SMILES string of the molecule is Cn1ccnc1[C@@H]1OCC[C@H]1CN1CCC(Nc2cccnn2)CC1. The molecule has 0 bridgehead atoms. The van der Waals surface area contributed by atoms with Crippen LogP contribution in [-0.4, -0.2) is 56.9 Å². The number of ether oxygens (including phenoxy) is 1. The van der Waals surface area contributed by atoms with E-state index < -0.39 is 0 Å². The molecule has 1 N–H and O–H groups in total. The number of likely N-dealkylation sites (tertiary alicyclic amines) is 1. The number of piperidine rings is 1. The van der Waals surface area contributed by atoms with Gasteiger partial charge in [0.2, 0.25) is 0 Å². The lowest BCUT2D eigenvalue weighted by Crippen LogP contribution is -2.41. The summed E-state index contributed by atoms with van der Waals surface area (Å²) in [5.74, 6) is 2.47. The monoisotopic (exact) mass is 342 g/mol. The maximum atomic E-state index is 5.99. The minimum atomic E-state index is 0.135. The van der Waals surface area contributed by atoms with Crippen LogP contribution in [0.4, 0.5) is 5.82 Å². The Morgan fingerprint density at radius 3 is 2.84 bits per heavy atom. The second-order valence-electron chi connectivity index (χ2n) is 7.06. The van der Waals surface area contributed by atoms with E-state index in [-0.39, 0.29) is 6.10 Å². The molecule has 7 nitrogen and oxygen atoms in total. The first-order chi connectivity index (χ1) is 12.3. The fourth-order valence-electron chi connectivity index (χ4n) is 3.94. The fourth-order valence-corrected chi connectivity index (χ4v) is 3.94. The van der Waals surface area contributed by atoms with Crippen LogP contribution in [-0.2, 0) is 11.8 Å². The van der Waals surface area contributed by atoms with Gasteiger partial charge in [-0.05, 0) is 31.4 Å². The van der Waals surface area contributed by atoms with Gasteiger partial charge in [0.15, 0.2) is 0 Å². The molecule has 0 radical (unpaired) electrons. The van der Waals surface area contributed by atoms with Crippen LogP contribution in [0.3, 0.4) is 0 Å². The summed E-state index contributed by atoms with van der Waals surface area (Å²) in [5.41, 5.74) is 0. The summed E-state index contributed by atoms with van der Waals surface area (Å²) in [6.07, 6.45) is 9.09. The van der Waals surface area contributed by atoms with Gasteiger partial charge in [-0.15, -0.1) is 5.10 Å². The zero-order chi connectivity index (χ0) is 17.1. The highest BCUT2D eigenvalue weighted by atomic mass is 16.5. The van der Waals surface area contributed by atoms with Crippen molar-refractivity contribution in [1.29, 1.82) is 0 Å². The van der Waals surface area contributed by atoms with Gasteiger partial charge in [0.05, 0.1) is 0 Å². The molecule has 0 amide bonds. The van der Waals surface area contributed by atoms with E-state index >= 15 is 0 Å². The molecule has 0 unspecified atom stereocenters. The zero-order valence-electron chi connectivity index (χ0n) is 14.7. The minimum Gasteiger partial charge on any atom is -0.370 e. The van der Waals surface area contributed by atoms with Crippen LogP contribution in [0.15, 0.2) is 30.7 Å². The van der Waals surface area contributed by atoms with Crippen LogP contribution in [0.25, 0.3) is 0 Å². The van der Waals surface area contributed by atoms with Gasteiger partial charge in [0.1, 0.15) is 17.7 Å². The predicted octanol–water partition coefficient (Wildman–Crippen LogP) is 1.86. The van der Waals surface area contributed by atoms with Crippen molar-refractivity contribution >= 4 is 5.82 Å². The zero-order valence-corrected chi connectivity index (χ0v) is 14.7. The number of hydrogen-bond acceptors (Lipinski definition) is 6. The molecule has 4 rings (SSSR count). The van der Waals surface area contributed by atoms with Gasteiger partial charge in [0.25, 0.3) is 0 Å². The molecule has 2 aromatic rings. The molecular formula is C18H26N6O. The second-order valence-corrected chi connectivity index (χ2v) is 7.06. The van der Waals surface area contributed by atoms with Crippen molar-refractivity contribution in [3.05, 3.63) is 36.5 Å². The summed E-state index contributed by atoms with van der Waals surface area (Å²) in [7, 11) is 2.05. The summed E-state index contributed by atoms with van der Waals surface area (Å²) in [4.78, 5) is 7.07. The molecule has 2 aliphatic rings. The highest BCUT2D eigenvalue weighted by Crippen LogP contribution is 2.34. The van der Waals surface area contributed by atoms with E-state index in [2.05, 4.69) is 30.0 Å². The number of rotatable bonds is 5. The standard InChI is InChI=1S/C18H26N6O/c1-23-11-8-19-18(23)17-14(6-12-25-17)13-24-9-4-15(5-10-24)21-16-3-2-7-20-22-16/h2-3,7-8,11,14-15,17H,4-6,9-10,12-13H2,1H3,(H,21,22)/t14-,17+/m0/s1. The summed E-state index contributed by atoms with van der Waals surface area (Å²) >= 11 is 0. The molecule has 2 saturated heterocycles. The molecule has 7 heteroatoms. The van der Waals surface area contributed by atoms with Crippen molar-refractivity contribution in [1.82, 2.24) is 24.6 Å². The molecule has 2 aliphatic heterocycles. The molecular weight excluding hydrogens is 316 g/mol. The van der Waals surface area contributed by atoms with Crippen LogP contribution in [0.2, 0.25) is 0 Å². The van der Waals surface area contributed by atoms with E-state index in [0.29, 0.717) is 12.0 Å². The smallest absolute Gasteiger partial charge is 0.148 e. The fraction of sp³-hybridized carbons (Fsp3) is 0.611. The third-order valence-corrected chi connectivity index (χ3v) is 5.33. The first-order valence-corrected chi connectivity index (χ1v) is 9.15. The normalized spacial score (nSPS) is 25.3. The van der Waals surface area contributed by atoms with Gasteiger partial charge in [-0.2, -0.15) is 5.10 Å². The Morgan fingerprint density at radius 1 is 1.24 bits per heavy atom. The van der Waals surface area contributed by atoms with Crippen molar-refractivity contribution in [2.24, 2.45) is 13.0 Å². The van der Waals surface area contributed by atoms with E-state index in [9.17, 15) is 0 Å². The Labute approximate surface area is 148 Å². The van der Waals surface area contributed by atoms with Crippen molar-refractivity contribution in [2.45, 2.75) is 31.4 Å². The Balaban J connectivity index is 1.29. The number of hydrogen-bond donors (Lipinski definition) is 1. The van der Waals surface area contributed by atoms with Gasteiger partial charge in [-0.3, -0.25) is 0 Å². The molecule has 0 aliphatic carbocycles. The highest BCUT2D eigenvalue weighted by Gasteiger charge is 2.34. The number of anilines is 1. The van der Waals surface area contributed by atoms with E-state index in [1.54, 1.807) is 6.20 Å². The van der Waals surface area contributed by atoms with Crippen molar-refractivity contribution < 1.29 is 4.74 Å². The van der Waals surface area contributed by atoms with E-state index in [4.69, 9.17) is 4.74 Å². The van der Waals surface area contributed by atoms with Gasteiger partial charge in [0, 0.05) is 63.8 Å². The van der Waals surface area contributed by atoms with Crippen molar-refractivity contribution in [2.75, 3.05) is 31.6 Å². The van der Waals surface area contributed by atoms with Crippen LogP contribution >= 0.6 is 0 Å². The van der Waals surface area contributed by atoms with E-state index in [0.717, 1.165) is 57.1 Å². The lowest BCUT2D eigenvalue weighted by atomic mass is 9.97. The number of aryl methyl sites for hydroxylation is 1. The molecule has 2 fully saturated rings. The maximum Gasteiger partial charge on any atom is 0.148 e. The summed E-state index contributed by atoms with van der Waals surface area (Å²) in [6.45, 7) is 4.16. The molecule has 2 aromatic heterocycles.